The Labute approximate surface area is 261 Å². The number of nitrogens with one attached hydrogen (secondary N) is 3. The Morgan fingerprint density at radius 3 is 2.39 bits per heavy atom. The number of Topliss-reactive ketones (excluding diaryl/α,β-unsaturated/α-hetero) is 1. The number of para-hydroxylation sites is 1. The lowest BCUT2D eigenvalue weighted by Gasteiger charge is -2.23. The van der Waals surface area contributed by atoms with E-state index < -0.39 is 60.8 Å². The maximum Gasteiger partial charge on any atom is 0.341 e. The first-order valence-electron chi connectivity index (χ1n) is 13.4. The average Bonchev–Trinajstić information content (AvgIpc) is 3.47. The van der Waals surface area contributed by atoms with Crippen molar-refractivity contribution in [3.8, 4) is 0 Å². The van der Waals surface area contributed by atoms with Crippen LogP contribution in [0, 0.1) is 5.92 Å². The lowest BCUT2D eigenvalue weighted by molar-refractivity contribution is -0.142. The zero-order valence-corrected chi connectivity index (χ0v) is 25.0. The zero-order valence-electron chi connectivity index (χ0n) is 23.5. The van der Waals surface area contributed by atoms with Crippen molar-refractivity contribution in [2.75, 3.05) is 6.61 Å². The lowest BCUT2D eigenvalue weighted by atomic mass is 9.99. The van der Waals surface area contributed by atoms with Gasteiger partial charge in [-0.05, 0) is 36.3 Å². The summed E-state index contributed by atoms with van der Waals surface area (Å²) >= 11 is 12.0. The first-order valence-corrected chi connectivity index (χ1v) is 14.2. The number of pyridine rings is 1. The molecular weight excluding hydrogens is 615 g/mol. The number of esters is 1. The minimum Gasteiger partial charge on any atom is -0.481 e. The van der Waals surface area contributed by atoms with E-state index in [0.717, 1.165) is 5.39 Å². The van der Waals surface area contributed by atoms with Gasteiger partial charge >= 0.3 is 11.9 Å². The Morgan fingerprint density at radius 2 is 1.70 bits per heavy atom. The molecule has 4 rings (SSSR count). The van der Waals surface area contributed by atoms with E-state index in [4.69, 9.17) is 32.8 Å². The number of benzene rings is 2. The van der Waals surface area contributed by atoms with Crippen LogP contribution in [-0.2, 0) is 24.0 Å². The summed E-state index contributed by atoms with van der Waals surface area (Å²) in [6.45, 7) is 2.86. The molecule has 0 bridgehead atoms. The third-order valence-electron chi connectivity index (χ3n) is 6.61. The molecule has 14 heteroatoms. The van der Waals surface area contributed by atoms with Crippen LogP contribution in [0.2, 0.25) is 10.0 Å². The van der Waals surface area contributed by atoms with Gasteiger partial charge in [-0.3, -0.25) is 29.5 Å². The standard InChI is InChI=1S/C30H28Cl2N4O8/c1-15(2)27(35-28(40)20-11-10-16-6-3-4-9-19(16)33-20)22-12-24(44-36-22)29(41)34-21(13-25(38)39)23(37)14-43-30(42)26-17(31)7-5-8-18(26)32/h3-12,15,21,24,27,36H,13-14H2,1-2H3,(H,34,41)(H,35,40)(H,38,39)/t21-,24?,27-/m0/s1. The second-order valence-corrected chi connectivity index (χ2v) is 11.0. The van der Waals surface area contributed by atoms with Crippen LogP contribution in [0.3, 0.4) is 0 Å². The summed E-state index contributed by atoms with van der Waals surface area (Å²) in [5.41, 5.74) is 3.72. The van der Waals surface area contributed by atoms with Crippen LogP contribution in [0.1, 0.15) is 41.1 Å². The zero-order chi connectivity index (χ0) is 32.0. The topological polar surface area (TPSA) is 173 Å². The van der Waals surface area contributed by atoms with E-state index >= 15 is 0 Å². The van der Waals surface area contributed by atoms with Crippen molar-refractivity contribution in [1.29, 1.82) is 0 Å². The molecule has 44 heavy (non-hydrogen) atoms. The number of ketones is 1. The van der Waals surface area contributed by atoms with Gasteiger partial charge in [-0.1, -0.05) is 67.4 Å². The molecule has 2 heterocycles. The van der Waals surface area contributed by atoms with Gasteiger partial charge < -0.3 is 20.5 Å². The minimum absolute atomic E-state index is 0.00299. The van der Waals surface area contributed by atoms with Crippen LogP contribution in [0.4, 0.5) is 0 Å². The van der Waals surface area contributed by atoms with Gasteiger partial charge in [0, 0.05) is 5.39 Å². The summed E-state index contributed by atoms with van der Waals surface area (Å²) in [6, 6.07) is 13.0. The molecule has 3 aromatic rings. The van der Waals surface area contributed by atoms with Crippen molar-refractivity contribution in [3.63, 3.8) is 0 Å². The summed E-state index contributed by atoms with van der Waals surface area (Å²) in [5, 5.41) is 15.4. The Hall–Kier alpha value is -4.52. The molecule has 2 aromatic carbocycles. The highest BCUT2D eigenvalue weighted by Crippen LogP contribution is 2.25. The normalized spacial score (nSPS) is 15.6. The van der Waals surface area contributed by atoms with Crippen LogP contribution in [0.25, 0.3) is 10.9 Å². The van der Waals surface area contributed by atoms with Crippen molar-refractivity contribution in [1.82, 2.24) is 21.1 Å². The molecule has 1 unspecified atom stereocenters. The molecule has 4 N–H and O–H groups in total. The summed E-state index contributed by atoms with van der Waals surface area (Å²) in [6.07, 6.45) is -0.638. The maximum atomic E-state index is 13.0. The van der Waals surface area contributed by atoms with E-state index in [-0.39, 0.29) is 27.2 Å². The molecule has 1 aromatic heterocycles. The Balaban J connectivity index is 1.41. The molecule has 1 aliphatic heterocycles. The summed E-state index contributed by atoms with van der Waals surface area (Å²) < 4.78 is 4.99. The molecular formula is C30H28Cl2N4O8. The molecule has 0 fully saturated rings. The number of aromatic nitrogens is 1. The number of hydrogen-bond acceptors (Lipinski definition) is 9. The molecule has 3 atom stereocenters. The van der Waals surface area contributed by atoms with Crippen molar-refractivity contribution >= 4 is 63.6 Å². The molecule has 0 saturated heterocycles. The number of nitrogens with zero attached hydrogens (tertiary/aromatic N) is 1. The van der Waals surface area contributed by atoms with Gasteiger partial charge in [0.1, 0.15) is 11.7 Å². The van der Waals surface area contributed by atoms with Gasteiger partial charge in [-0.15, -0.1) is 0 Å². The minimum atomic E-state index is -1.55. The Kier molecular flexibility index (Phi) is 10.5. The first kappa shape index (κ1) is 32.4. The van der Waals surface area contributed by atoms with Crippen LogP contribution in [-0.4, -0.2) is 64.4 Å². The highest BCUT2D eigenvalue weighted by molar-refractivity contribution is 6.39. The first-order chi connectivity index (χ1) is 20.9. The van der Waals surface area contributed by atoms with E-state index in [0.29, 0.717) is 11.2 Å². The van der Waals surface area contributed by atoms with Crippen molar-refractivity contribution < 1.29 is 38.7 Å². The van der Waals surface area contributed by atoms with Crippen molar-refractivity contribution in [3.05, 3.63) is 87.7 Å². The number of amides is 2. The highest BCUT2D eigenvalue weighted by atomic mass is 35.5. The number of ether oxygens (including phenoxy) is 1. The van der Waals surface area contributed by atoms with Gasteiger partial charge in [-0.2, -0.15) is 0 Å². The number of hydrogen-bond donors (Lipinski definition) is 4. The Morgan fingerprint density at radius 1 is 1.00 bits per heavy atom. The van der Waals surface area contributed by atoms with Gasteiger partial charge in [0.15, 0.2) is 18.5 Å². The number of aliphatic carboxylic acids is 1. The molecule has 230 valence electrons. The molecule has 0 spiro atoms. The third-order valence-corrected chi connectivity index (χ3v) is 7.24. The number of rotatable bonds is 12. The number of halogens is 2. The largest absolute Gasteiger partial charge is 0.481 e. The fraction of sp³-hybridized carbons (Fsp3) is 0.267. The fourth-order valence-corrected chi connectivity index (χ4v) is 4.90. The van der Waals surface area contributed by atoms with E-state index in [2.05, 4.69) is 21.1 Å². The lowest BCUT2D eigenvalue weighted by Crippen LogP contribution is -2.47. The monoisotopic (exact) mass is 642 g/mol. The summed E-state index contributed by atoms with van der Waals surface area (Å²) in [4.78, 5) is 72.5. The van der Waals surface area contributed by atoms with Crippen molar-refractivity contribution in [2.45, 2.75) is 38.5 Å². The number of carbonyl (C=O) groups excluding carboxylic acids is 4. The molecule has 0 saturated carbocycles. The van der Waals surface area contributed by atoms with Gasteiger partial charge in [0.2, 0.25) is 0 Å². The average molecular weight is 643 g/mol. The molecule has 1 aliphatic rings. The van der Waals surface area contributed by atoms with E-state index in [1.165, 1.54) is 24.3 Å². The smallest absolute Gasteiger partial charge is 0.341 e. The SMILES string of the molecule is CC(C)[C@H](NC(=O)c1ccc2ccccc2n1)C1=CC(C(=O)N[C@@H](CC(=O)O)C(=O)COC(=O)c2c(Cl)cccc2Cl)ON1. The molecule has 0 aliphatic carbocycles. The summed E-state index contributed by atoms with van der Waals surface area (Å²) in [5.74, 6) is -4.68. The molecule has 0 radical (unpaired) electrons. The second-order valence-electron chi connectivity index (χ2n) is 10.1. The van der Waals surface area contributed by atoms with Gasteiger partial charge in [-0.25, -0.2) is 9.78 Å². The van der Waals surface area contributed by atoms with E-state index in [9.17, 15) is 29.1 Å². The van der Waals surface area contributed by atoms with E-state index in [1.54, 1.807) is 18.2 Å². The summed E-state index contributed by atoms with van der Waals surface area (Å²) in [7, 11) is 0. The van der Waals surface area contributed by atoms with Crippen LogP contribution in [0.15, 0.2) is 66.4 Å². The maximum absolute atomic E-state index is 13.0. The van der Waals surface area contributed by atoms with Crippen LogP contribution >= 0.6 is 23.2 Å². The fourth-order valence-electron chi connectivity index (χ4n) is 4.35. The predicted molar refractivity (Wildman–Crippen MR) is 160 cm³/mol. The Bertz CT molecular complexity index is 1620. The van der Waals surface area contributed by atoms with Gasteiger partial charge in [0.05, 0.1) is 39.3 Å². The molecule has 2 amide bonds. The quantitative estimate of drug-likeness (QED) is 0.214. The highest BCUT2D eigenvalue weighted by Gasteiger charge is 2.34. The van der Waals surface area contributed by atoms with Crippen LogP contribution < -0.4 is 16.1 Å². The number of carboxylic acids is 1. The molecule has 12 nitrogen and oxygen atoms in total. The number of carbonyl (C=O) groups is 5. The predicted octanol–water partition coefficient (Wildman–Crippen LogP) is 3.47. The van der Waals surface area contributed by atoms with Gasteiger partial charge in [0.25, 0.3) is 11.8 Å². The third kappa shape index (κ3) is 7.90. The number of carboxylic acid groups (broad SMARTS) is 1. The van der Waals surface area contributed by atoms with Crippen LogP contribution in [0.5, 0.6) is 0 Å². The number of fused-ring (bicyclic) bond motifs is 1. The van der Waals surface area contributed by atoms with E-state index in [1.807, 2.05) is 32.0 Å². The number of hydroxylamine groups is 1. The van der Waals surface area contributed by atoms with Crippen molar-refractivity contribution in [2.24, 2.45) is 5.92 Å². The second kappa shape index (κ2) is 14.3.